The van der Waals surface area contributed by atoms with Gasteiger partial charge >= 0.3 is 10.1 Å². The SMILES string of the molecule is [2H]c1c([2H])c(C2OC(N)=C(OS(=O)(=O)Cc3ccccc3)C2=O)c([2H])c([2H])c1C. The number of hydrogen-bond acceptors (Lipinski definition) is 6. The maximum Gasteiger partial charge on any atom is 0.313 e. The van der Waals surface area contributed by atoms with Gasteiger partial charge in [0.15, 0.2) is 6.10 Å². The van der Waals surface area contributed by atoms with Crippen molar-refractivity contribution in [3.8, 4) is 0 Å². The highest BCUT2D eigenvalue weighted by Gasteiger charge is 2.39. The summed E-state index contributed by atoms with van der Waals surface area (Å²) in [6, 6.07) is 6.57. The molecule has 1 unspecified atom stereocenters. The van der Waals surface area contributed by atoms with E-state index in [4.69, 9.17) is 20.1 Å². The lowest BCUT2D eigenvalue weighted by Crippen LogP contribution is -2.16. The van der Waals surface area contributed by atoms with Crippen LogP contribution >= 0.6 is 0 Å². The molecule has 0 saturated carbocycles. The van der Waals surface area contributed by atoms with Gasteiger partial charge in [-0.1, -0.05) is 60.1 Å². The second-order valence-corrected chi connectivity index (χ2v) is 6.94. The first-order valence-corrected chi connectivity index (χ1v) is 8.84. The van der Waals surface area contributed by atoms with Crippen molar-refractivity contribution in [3.63, 3.8) is 0 Å². The topological polar surface area (TPSA) is 95.7 Å². The maximum absolute atomic E-state index is 12.7. The van der Waals surface area contributed by atoms with Gasteiger partial charge in [0.05, 0.1) is 5.48 Å². The molecular weight excluding hydrogens is 342 g/mol. The van der Waals surface area contributed by atoms with Crippen LogP contribution in [0.5, 0.6) is 0 Å². The number of ether oxygens (including phenoxy) is 1. The number of nitrogens with two attached hydrogens (primary N) is 1. The van der Waals surface area contributed by atoms with Crippen molar-refractivity contribution < 1.29 is 27.6 Å². The zero-order valence-corrected chi connectivity index (χ0v) is 14.0. The van der Waals surface area contributed by atoms with Crippen molar-refractivity contribution in [1.82, 2.24) is 0 Å². The fraction of sp³-hybridized carbons (Fsp3) is 0.167. The smallest absolute Gasteiger partial charge is 0.313 e. The lowest BCUT2D eigenvalue weighted by Gasteiger charge is -2.10. The van der Waals surface area contributed by atoms with Crippen LogP contribution in [-0.4, -0.2) is 14.2 Å². The van der Waals surface area contributed by atoms with Gasteiger partial charge in [0.1, 0.15) is 5.75 Å². The standard InChI is InChI=1S/C18H17NO5S/c1-12-7-9-14(10-8-12)16-15(20)17(18(19)23-16)24-25(21,22)11-13-5-3-2-4-6-13/h2-10,16H,11,19H2,1H3/i7D,8D,9D,10D. The molecule has 0 bridgehead atoms. The first-order valence-electron chi connectivity index (χ1n) is 9.27. The molecule has 1 heterocycles. The molecule has 0 radical (unpaired) electrons. The Balaban J connectivity index is 1.91. The molecule has 6 nitrogen and oxygen atoms in total. The van der Waals surface area contributed by atoms with Crippen molar-refractivity contribution in [1.29, 1.82) is 0 Å². The molecule has 1 atom stereocenters. The van der Waals surface area contributed by atoms with E-state index in [0.717, 1.165) is 0 Å². The van der Waals surface area contributed by atoms with Crippen molar-refractivity contribution in [2.45, 2.75) is 18.8 Å². The van der Waals surface area contributed by atoms with E-state index in [-0.39, 0.29) is 23.2 Å². The molecule has 0 spiro atoms. The van der Waals surface area contributed by atoms with Gasteiger partial charge in [-0.3, -0.25) is 4.79 Å². The molecule has 1 aliphatic heterocycles. The molecule has 2 aromatic rings. The van der Waals surface area contributed by atoms with Gasteiger partial charge in [0.2, 0.25) is 17.4 Å². The molecule has 2 N–H and O–H groups in total. The quantitative estimate of drug-likeness (QED) is 0.819. The Labute approximate surface area is 151 Å². The first-order chi connectivity index (χ1) is 13.5. The van der Waals surface area contributed by atoms with E-state index in [1.54, 1.807) is 30.3 Å². The van der Waals surface area contributed by atoms with E-state index in [0.29, 0.717) is 5.56 Å². The van der Waals surface area contributed by atoms with Crippen LogP contribution < -0.4 is 5.73 Å². The van der Waals surface area contributed by atoms with E-state index in [1.807, 2.05) is 0 Å². The van der Waals surface area contributed by atoms with Crippen LogP contribution in [0.25, 0.3) is 0 Å². The van der Waals surface area contributed by atoms with E-state index < -0.39 is 51.5 Å². The van der Waals surface area contributed by atoms with Crippen LogP contribution in [0.1, 0.15) is 28.3 Å². The Morgan fingerprint density at radius 3 is 2.48 bits per heavy atom. The lowest BCUT2D eigenvalue weighted by atomic mass is 10.0. The monoisotopic (exact) mass is 363 g/mol. The molecule has 7 heteroatoms. The highest BCUT2D eigenvalue weighted by Crippen LogP contribution is 2.32. The third kappa shape index (κ3) is 3.83. The molecule has 130 valence electrons. The molecule has 0 fully saturated rings. The predicted octanol–water partition coefficient (Wildman–Crippen LogP) is 2.31. The average molecular weight is 363 g/mol. The predicted molar refractivity (Wildman–Crippen MR) is 91.4 cm³/mol. The third-order valence-corrected chi connectivity index (χ3v) is 4.47. The Kier molecular flexibility index (Phi) is 3.31. The van der Waals surface area contributed by atoms with Crippen LogP contribution in [0.4, 0.5) is 0 Å². The summed E-state index contributed by atoms with van der Waals surface area (Å²) in [5.41, 5.74) is 5.85. The Morgan fingerprint density at radius 1 is 1.20 bits per heavy atom. The van der Waals surface area contributed by atoms with Crippen LogP contribution in [-0.2, 0) is 29.6 Å². The Hall–Kier alpha value is -2.80. The first kappa shape index (κ1) is 12.5. The fourth-order valence-corrected chi connectivity index (χ4v) is 3.28. The second kappa shape index (κ2) is 6.60. The second-order valence-electron chi connectivity index (χ2n) is 5.37. The molecule has 3 rings (SSSR count). The molecule has 1 aliphatic rings. The summed E-state index contributed by atoms with van der Waals surface area (Å²) in [7, 11) is -4.24. The molecule has 0 saturated heterocycles. The van der Waals surface area contributed by atoms with Crippen molar-refractivity contribution in [2.75, 3.05) is 0 Å². The number of rotatable bonds is 5. The van der Waals surface area contributed by atoms with Gasteiger partial charge in [-0.25, -0.2) is 0 Å². The minimum absolute atomic E-state index is 0.108. The van der Waals surface area contributed by atoms with E-state index >= 15 is 0 Å². The number of hydrogen-bond donors (Lipinski definition) is 1. The molecule has 0 aromatic heterocycles. The van der Waals surface area contributed by atoms with Crippen molar-refractivity contribution >= 4 is 15.9 Å². The summed E-state index contributed by atoms with van der Waals surface area (Å²) in [4.78, 5) is 12.7. The van der Waals surface area contributed by atoms with E-state index in [2.05, 4.69) is 0 Å². The van der Waals surface area contributed by atoms with Gasteiger partial charge in [0.25, 0.3) is 0 Å². The van der Waals surface area contributed by atoms with Gasteiger partial charge in [-0.2, -0.15) is 8.42 Å². The molecule has 2 aromatic carbocycles. The minimum Gasteiger partial charge on any atom is -0.460 e. The zero-order chi connectivity index (χ0) is 21.5. The number of carbonyl (C=O) groups excluding carboxylic acids is 1. The summed E-state index contributed by atoms with van der Waals surface area (Å²) >= 11 is 0. The van der Waals surface area contributed by atoms with Crippen molar-refractivity contribution in [2.24, 2.45) is 5.73 Å². The minimum atomic E-state index is -4.24. The maximum atomic E-state index is 12.7. The van der Waals surface area contributed by atoms with Gasteiger partial charge in [0, 0.05) is 5.56 Å². The summed E-state index contributed by atoms with van der Waals surface area (Å²) in [5, 5.41) is 0. The van der Waals surface area contributed by atoms with Crippen molar-refractivity contribution in [3.05, 3.63) is 82.8 Å². The summed E-state index contributed by atoms with van der Waals surface area (Å²) in [6.45, 7) is 1.42. The van der Waals surface area contributed by atoms with Crippen LogP contribution in [0.2, 0.25) is 0 Å². The largest absolute Gasteiger partial charge is 0.460 e. The third-order valence-electron chi connectivity index (χ3n) is 3.36. The number of benzene rings is 2. The highest BCUT2D eigenvalue weighted by atomic mass is 32.2. The van der Waals surface area contributed by atoms with Gasteiger partial charge < -0.3 is 14.7 Å². The Morgan fingerprint density at radius 2 is 1.84 bits per heavy atom. The lowest BCUT2D eigenvalue weighted by molar-refractivity contribution is -0.123. The molecule has 0 aliphatic carbocycles. The number of ketones is 1. The normalized spacial score (nSPS) is 19.7. The average Bonchev–Trinajstić information content (AvgIpc) is 2.93. The molecule has 0 amide bonds. The zero-order valence-electron chi connectivity index (χ0n) is 17.2. The van der Waals surface area contributed by atoms with Gasteiger partial charge in [-0.05, 0) is 12.5 Å². The number of carbonyl (C=O) groups is 1. The Bertz CT molecular complexity index is 1100. The van der Waals surface area contributed by atoms with Crippen LogP contribution in [0.15, 0.2) is 66.1 Å². The molecular formula is C18H17NO5S. The molecule has 25 heavy (non-hydrogen) atoms. The van der Waals surface area contributed by atoms with Crippen LogP contribution in [0, 0.1) is 6.92 Å². The van der Waals surface area contributed by atoms with Gasteiger partial charge in [-0.15, -0.1) is 0 Å². The van der Waals surface area contributed by atoms with Crippen LogP contribution in [0.3, 0.4) is 0 Å². The summed E-state index contributed by atoms with van der Waals surface area (Å²) < 4.78 is 66.6. The number of Topliss-reactive ketones (excluding diaryl/α,β-unsaturated/α-hetero) is 1. The summed E-state index contributed by atoms with van der Waals surface area (Å²) in [5.74, 6) is -2.85. The van der Waals surface area contributed by atoms with E-state index in [1.165, 1.54) is 6.92 Å². The van der Waals surface area contributed by atoms with E-state index in [9.17, 15) is 13.2 Å². The summed E-state index contributed by atoms with van der Waals surface area (Å²) in [6.07, 6.45) is -1.63. The highest BCUT2D eigenvalue weighted by molar-refractivity contribution is 7.86. The fourth-order valence-electron chi connectivity index (χ4n) is 2.20.